The molecule has 0 amide bonds. The van der Waals surface area contributed by atoms with E-state index in [1.165, 1.54) is 33.8 Å². The first-order chi connectivity index (χ1) is 12.9. The van der Waals surface area contributed by atoms with Gasteiger partial charge >= 0.3 is 11.9 Å². The molecule has 0 unspecified atom stereocenters. The summed E-state index contributed by atoms with van der Waals surface area (Å²) in [4.78, 5) is 50.9. The summed E-state index contributed by atoms with van der Waals surface area (Å²) in [5, 5.41) is 0. The van der Waals surface area contributed by atoms with Crippen LogP contribution >= 0.6 is 0 Å². The molecule has 2 aliphatic heterocycles. The first-order valence-electron chi connectivity index (χ1n) is 9.27. The summed E-state index contributed by atoms with van der Waals surface area (Å²) in [5.74, 6) is -8.69. The topological polar surface area (TPSA) is 105 Å². The molecule has 2 heterocycles. The number of rotatable bonds is 0. The van der Waals surface area contributed by atoms with Gasteiger partial charge in [0.05, 0.1) is 11.8 Å². The van der Waals surface area contributed by atoms with Crippen molar-refractivity contribution in [2.45, 2.75) is 50.5 Å². The number of carbonyl (C=O) groups excluding carboxylic acids is 4. The minimum Gasteiger partial charge on any atom is -0.422 e. The van der Waals surface area contributed by atoms with Gasteiger partial charge in [-0.05, 0) is 33.8 Å². The highest BCUT2D eigenvalue weighted by Crippen LogP contribution is 2.60. The Balaban J connectivity index is 1.68. The molecular weight excluding hydrogens is 368 g/mol. The molecule has 0 aromatic rings. The van der Waals surface area contributed by atoms with E-state index in [0.29, 0.717) is 0 Å². The number of hydrogen-bond donors (Lipinski definition) is 0. The molecular formula is C20H20O8. The molecule has 0 aromatic carbocycles. The maximum atomic E-state index is 13.3. The first-order valence-corrected chi connectivity index (χ1v) is 9.27. The maximum absolute atomic E-state index is 13.3. The summed E-state index contributed by atoms with van der Waals surface area (Å²) in [6, 6.07) is 0. The van der Waals surface area contributed by atoms with Crippen LogP contribution in [0.1, 0.15) is 27.7 Å². The average Bonchev–Trinajstić information content (AvgIpc) is 2.99. The van der Waals surface area contributed by atoms with Gasteiger partial charge in [0, 0.05) is 11.8 Å². The summed E-state index contributed by atoms with van der Waals surface area (Å²) in [7, 11) is 0. The molecule has 6 aliphatic rings. The van der Waals surface area contributed by atoms with Crippen LogP contribution in [0.3, 0.4) is 0 Å². The molecule has 6 atom stereocenters. The van der Waals surface area contributed by atoms with Gasteiger partial charge < -0.3 is 18.9 Å². The largest absolute Gasteiger partial charge is 0.422 e. The van der Waals surface area contributed by atoms with Crippen molar-refractivity contribution in [1.82, 2.24) is 0 Å². The highest BCUT2D eigenvalue weighted by Gasteiger charge is 2.76. The number of carbonyl (C=O) groups is 4. The lowest BCUT2D eigenvalue weighted by atomic mass is 9.54. The summed E-state index contributed by atoms with van der Waals surface area (Å²) in [6.45, 7) is 6.10. The molecule has 8 heteroatoms. The number of ether oxygens (including phenoxy) is 4. The third kappa shape index (κ3) is 1.83. The number of allylic oxidation sites excluding steroid dienone is 2. The van der Waals surface area contributed by atoms with Crippen molar-refractivity contribution < 1.29 is 38.1 Å². The second-order valence-corrected chi connectivity index (χ2v) is 8.97. The van der Waals surface area contributed by atoms with Crippen LogP contribution in [0.25, 0.3) is 0 Å². The average molecular weight is 388 g/mol. The van der Waals surface area contributed by atoms with Crippen LogP contribution < -0.4 is 0 Å². The van der Waals surface area contributed by atoms with Crippen LogP contribution in [0.4, 0.5) is 0 Å². The lowest BCUT2D eigenvalue weighted by molar-refractivity contribution is -0.276. The zero-order valence-electron chi connectivity index (χ0n) is 15.9. The third-order valence-electron chi connectivity index (χ3n) is 6.36. The van der Waals surface area contributed by atoms with Gasteiger partial charge in [0.25, 0.3) is 11.6 Å². The minimum absolute atomic E-state index is 0.377. The van der Waals surface area contributed by atoms with E-state index in [2.05, 4.69) is 0 Å². The highest BCUT2D eigenvalue weighted by atomic mass is 16.8. The maximum Gasteiger partial charge on any atom is 0.340 e. The summed E-state index contributed by atoms with van der Waals surface area (Å²) < 4.78 is 22.9. The van der Waals surface area contributed by atoms with Crippen LogP contribution in [0, 0.1) is 23.7 Å². The molecule has 6 rings (SSSR count). The number of esters is 2. The lowest BCUT2D eigenvalue weighted by Gasteiger charge is -2.54. The van der Waals surface area contributed by atoms with Crippen molar-refractivity contribution in [1.29, 1.82) is 0 Å². The highest BCUT2D eigenvalue weighted by molar-refractivity contribution is 6.03. The van der Waals surface area contributed by atoms with E-state index in [4.69, 9.17) is 18.9 Å². The molecule has 28 heavy (non-hydrogen) atoms. The van der Waals surface area contributed by atoms with Gasteiger partial charge in [-0.1, -0.05) is 18.2 Å². The Hall–Kier alpha value is -2.32. The van der Waals surface area contributed by atoms with Crippen molar-refractivity contribution in [2.24, 2.45) is 23.7 Å². The van der Waals surface area contributed by atoms with E-state index in [1.807, 2.05) is 0 Å². The Labute approximate surface area is 160 Å². The first kappa shape index (κ1) is 17.8. The van der Waals surface area contributed by atoms with E-state index < -0.39 is 64.2 Å². The molecule has 4 aliphatic carbocycles. The second-order valence-electron chi connectivity index (χ2n) is 8.97. The Morgan fingerprint density at radius 1 is 0.786 bits per heavy atom. The van der Waals surface area contributed by atoms with Gasteiger partial charge in [0.2, 0.25) is 11.6 Å². The van der Waals surface area contributed by atoms with Crippen LogP contribution in [0.15, 0.2) is 24.3 Å². The zero-order valence-corrected chi connectivity index (χ0v) is 15.9. The van der Waals surface area contributed by atoms with Crippen LogP contribution in [0.2, 0.25) is 0 Å². The Kier molecular flexibility index (Phi) is 3.05. The second kappa shape index (κ2) is 4.80. The number of hydrogen-bond acceptors (Lipinski definition) is 8. The standard InChI is InChI=1S/C20H20O8/c1-17(2)15(23)25-19(27-17)11-7-5-10(14(19)22)9-6-8-12(21)20(13(9)11)26-16(24)18(3,4)28-20/h5-11,13H,1-4H3/t9-,10+,11-,13-,19-,20+/m1/s1. The fraction of sp³-hybridized carbons (Fsp3) is 0.600. The van der Waals surface area contributed by atoms with E-state index in [1.54, 1.807) is 18.2 Å². The quantitative estimate of drug-likeness (QED) is 0.444. The summed E-state index contributed by atoms with van der Waals surface area (Å²) in [5.41, 5.74) is -2.64. The molecule has 148 valence electrons. The van der Waals surface area contributed by atoms with E-state index in [0.717, 1.165) is 0 Å². The number of ketones is 2. The van der Waals surface area contributed by atoms with Crippen molar-refractivity contribution in [3.8, 4) is 0 Å². The monoisotopic (exact) mass is 388 g/mol. The van der Waals surface area contributed by atoms with Crippen molar-refractivity contribution >= 4 is 23.5 Å². The third-order valence-corrected chi connectivity index (χ3v) is 6.36. The number of Topliss-reactive ketones (excluding diaryl/α,β-unsaturated/α-hetero) is 1. The van der Waals surface area contributed by atoms with Gasteiger partial charge in [-0.3, -0.25) is 9.59 Å². The zero-order chi connectivity index (χ0) is 20.3. The Bertz CT molecular complexity index is 911. The van der Waals surface area contributed by atoms with E-state index >= 15 is 0 Å². The Morgan fingerprint density at radius 3 is 1.89 bits per heavy atom. The summed E-state index contributed by atoms with van der Waals surface area (Å²) in [6.07, 6.45) is 6.39. The smallest absolute Gasteiger partial charge is 0.340 e. The van der Waals surface area contributed by atoms with Gasteiger partial charge in [-0.15, -0.1) is 0 Å². The molecule has 0 aromatic heterocycles. The minimum atomic E-state index is -1.89. The van der Waals surface area contributed by atoms with Gasteiger partial charge in [-0.25, -0.2) is 9.59 Å². The molecule has 2 spiro atoms. The predicted octanol–water partition coefficient (Wildman–Crippen LogP) is 0.839. The van der Waals surface area contributed by atoms with Crippen molar-refractivity contribution in [2.75, 3.05) is 0 Å². The molecule has 2 saturated heterocycles. The van der Waals surface area contributed by atoms with Gasteiger partial charge in [0.1, 0.15) is 0 Å². The van der Waals surface area contributed by atoms with Crippen LogP contribution in [-0.2, 0) is 38.1 Å². The van der Waals surface area contributed by atoms with Crippen LogP contribution in [0.5, 0.6) is 0 Å². The van der Waals surface area contributed by atoms with Crippen molar-refractivity contribution in [3.63, 3.8) is 0 Å². The molecule has 0 radical (unpaired) electrons. The fourth-order valence-electron chi connectivity index (χ4n) is 5.06. The van der Waals surface area contributed by atoms with Gasteiger partial charge in [0.15, 0.2) is 11.2 Å². The van der Waals surface area contributed by atoms with E-state index in [9.17, 15) is 19.2 Å². The molecule has 3 fully saturated rings. The SMILES string of the molecule is CC1(C)O[C@@]2(OC1=O)C(=O)C=C[C@H]1[C@@H]2[C@H]2C=C[C@@H]1C(=O)[C@@]21OC(=O)C(C)(C)O1. The normalized spacial score (nSPS) is 47.0. The predicted molar refractivity (Wildman–Crippen MR) is 90.2 cm³/mol. The molecule has 1 saturated carbocycles. The lowest BCUT2D eigenvalue weighted by Crippen LogP contribution is -2.69. The summed E-state index contributed by atoms with van der Waals surface area (Å²) >= 11 is 0. The van der Waals surface area contributed by atoms with Crippen molar-refractivity contribution in [3.05, 3.63) is 24.3 Å². The molecule has 2 bridgehead atoms. The fourth-order valence-corrected chi connectivity index (χ4v) is 5.06. The van der Waals surface area contributed by atoms with Crippen LogP contribution in [-0.4, -0.2) is 46.3 Å². The molecule has 8 nitrogen and oxygen atoms in total. The molecule has 0 N–H and O–H groups in total. The van der Waals surface area contributed by atoms with Gasteiger partial charge in [-0.2, -0.15) is 0 Å². The Morgan fingerprint density at radius 2 is 1.36 bits per heavy atom. The van der Waals surface area contributed by atoms with E-state index in [-0.39, 0.29) is 5.78 Å².